The Kier molecular flexibility index (Phi) is 7.92. The van der Waals surface area contributed by atoms with Crippen molar-refractivity contribution in [1.82, 2.24) is 0 Å². The molecule has 6 bridgehead atoms. The van der Waals surface area contributed by atoms with Crippen LogP contribution < -0.4 is 29.6 Å². The van der Waals surface area contributed by atoms with E-state index in [2.05, 4.69) is 142 Å². The van der Waals surface area contributed by atoms with Gasteiger partial charge in [-0.15, -0.1) is 0 Å². The zero-order valence-corrected chi connectivity index (χ0v) is 27.1. The summed E-state index contributed by atoms with van der Waals surface area (Å²) in [6.45, 7) is 0. The summed E-state index contributed by atoms with van der Waals surface area (Å²) in [5.74, 6) is 2.61. The summed E-state index contributed by atoms with van der Waals surface area (Å²) >= 11 is 3.95. The molecule has 2 aliphatic heterocycles. The first kappa shape index (κ1) is 26.7. The maximum atomic E-state index is 6.33. The Morgan fingerprint density at radius 1 is 0.611 bits per heavy atom. The Morgan fingerprint density at radius 2 is 1.28 bits per heavy atom. The molecular formula is C30H18Cl2I2OZr. The number of ether oxygens (including phenoxy) is 1. The van der Waals surface area contributed by atoms with Crippen molar-refractivity contribution in [2.24, 2.45) is 0 Å². The molecule has 4 aromatic carbocycles. The van der Waals surface area contributed by atoms with E-state index in [1.165, 1.54) is 40.5 Å². The summed E-state index contributed by atoms with van der Waals surface area (Å²) in [6.07, 6.45) is 5.00. The first-order valence-electron chi connectivity index (χ1n) is 11.3. The first-order valence-corrected chi connectivity index (χ1v) is 15.9. The molecule has 0 spiro atoms. The fraction of sp³-hybridized carbons (Fsp3) is 0.0667. The standard InChI is InChI=1S/C15H8IO.C15H10I.2ClH.Zr/c16-13-7-8-14-12-6-5-11(15(12)13)9-1-3-10(17-14)4-2-9;16-14-8-4-7-12-9-10-13(15(12)14)11-5-2-1-3-6-11;;;/h1-4,6-8,11H;1-9,13H;2*1H;/q;;;;+2/p-2. The fourth-order valence-electron chi connectivity index (χ4n) is 5.48. The van der Waals surface area contributed by atoms with Crippen LogP contribution >= 0.6 is 45.2 Å². The molecule has 0 radical (unpaired) electrons. The number of benzene rings is 4. The topological polar surface area (TPSA) is 9.23 Å². The maximum absolute atomic E-state index is 6.33. The molecule has 0 saturated carbocycles. The van der Waals surface area contributed by atoms with Gasteiger partial charge < -0.3 is 24.8 Å². The van der Waals surface area contributed by atoms with Gasteiger partial charge in [-0.25, -0.2) is 0 Å². The normalized spacial score (nSPS) is 17.7. The number of hydrogen-bond donors (Lipinski definition) is 0. The van der Waals surface area contributed by atoms with Crippen molar-refractivity contribution in [1.29, 1.82) is 0 Å². The molecule has 36 heavy (non-hydrogen) atoms. The van der Waals surface area contributed by atoms with Crippen LogP contribution in [0.25, 0.3) is 12.2 Å². The summed E-state index contributed by atoms with van der Waals surface area (Å²) in [5.41, 5.74) is 8.40. The van der Waals surface area contributed by atoms with Crippen molar-refractivity contribution < 1.29 is 52.8 Å². The van der Waals surface area contributed by atoms with E-state index >= 15 is 0 Å². The monoisotopic (exact) mass is 808 g/mol. The van der Waals surface area contributed by atoms with E-state index in [9.17, 15) is 0 Å². The smallest absolute Gasteiger partial charge is 1.00 e. The molecule has 1 nitrogen and oxygen atoms in total. The predicted octanol–water partition coefficient (Wildman–Crippen LogP) is 2.77. The van der Waals surface area contributed by atoms with E-state index in [1.807, 2.05) is 0 Å². The molecule has 8 rings (SSSR count). The van der Waals surface area contributed by atoms with Gasteiger partial charge in [0.25, 0.3) is 0 Å². The number of fused-ring (bicyclic) bond motifs is 3. The molecule has 6 heteroatoms. The van der Waals surface area contributed by atoms with Crippen molar-refractivity contribution in [3.63, 3.8) is 0 Å². The van der Waals surface area contributed by atoms with Crippen LogP contribution in [0, 0.1) is 7.14 Å². The number of allylic oxidation sites excluding steroid dienone is 2. The van der Waals surface area contributed by atoms with Gasteiger partial charge >= 0.3 is 241 Å². The van der Waals surface area contributed by atoms with Crippen LogP contribution in [0.2, 0.25) is 0 Å². The van der Waals surface area contributed by atoms with Crippen LogP contribution in [0.15, 0.2) is 91.5 Å². The van der Waals surface area contributed by atoms with E-state index in [4.69, 9.17) is 4.74 Å². The van der Waals surface area contributed by atoms with Gasteiger partial charge in [-0.1, -0.05) is 0 Å². The van der Waals surface area contributed by atoms with Gasteiger partial charge in [0.2, 0.25) is 0 Å². The van der Waals surface area contributed by atoms with Gasteiger partial charge in [-0.05, 0) is 0 Å². The van der Waals surface area contributed by atoms with Crippen LogP contribution in [0.1, 0.15) is 45.2 Å². The summed E-state index contributed by atoms with van der Waals surface area (Å²) in [7, 11) is 0. The van der Waals surface area contributed by atoms with Crippen LogP contribution in [0.4, 0.5) is 0 Å². The van der Waals surface area contributed by atoms with Crippen LogP contribution in [-0.2, 0) is 23.2 Å². The second-order valence-corrected chi connectivity index (χ2v) is 14.7. The molecule has 0 N–H and O–H groups in total. The third-order valence-corrected chi connectivity index (χ3v) is 12.4. The first-order chi connectivity index (χ1) is 16.7. The summed E-state index contributed by atoms with van der Waals surface area (Å²) in [4.78, 5) is 0. The fourth-order valence-corrected chi connectivity index (χ4v) is 11.2. The molecule has 0 saturated heterocycles. The average molecular weight is 810 g/mol. The second kappa shape index (κ2) is 10.7. The molecule has 4 aliphatic rings. The minimum absolute atomic E-state index is 0. The van der Waals surface area contributed by atoms with E-state index in [0.717, 1.165) is 11.5 Å². The SMILES string of the molecule is Ic1cccc2c1C(c1ccccc1)[C]([Zr+2][C]1=Cc3c4ccc(I)c3C1c1ccc(cc1)O4)=C2.[Cl-].[Cl-]. The molecule has 4 aromatic rings. The molecule has 2 unspecified atom stereocenters. The Bertz CT molecular complexity index is 1530. The summed E-state index contributed by atoms with van der Waals surface area (Å²) in [6, 6.07) is 31.0. The molecule has 2 aliphatic carbocycles. The van der Waals surface area contributed by atoms with E-state index < -0.39 is 23.2 Å². The van der Waals surface area contributed by atoms with Gasteiger partial charge in [0.15, 0.2) is 0 Å². The molecule has 0 fully saturated rings. The number of halogens is 4. The molecule has 2 atom stereocenters. The second-order valence-electron chi connectivity index (χ2n) is 8.89. The van der Waals surface area contributed by atoms with Gasteiger partial charge in [0.1, 0.15) is 0 Å². The number of rotatable bonds is 3. The molecular weight excluding hydrogens is 792 g/mol. The van der Waals surface area contributed by atoms with Gasteiger partial charge in [-0.3, -0.25) is 0 Å². The Morgan fingerprint density at radius 3 is 2.06 bits per heavy atom. The van der Waals surface area contributed by atoms with Crippen molar-refractivity contribution >= 4 is 57.3 Å². The molecule has 0 amide bonds. The van der Waals surface area contributed by atoms with Crippen LogP contribution in [0.5, 0.6) is 11.5 Å². The quantitative estimate of drug-likeness (QED) is 0.290. The van der Waals surface area contributed by atoms with Crippen molar-refractivity contribution in [3.8, 4) is 11.5 Å². The minimum atomic E-state index is -1.08. The Balaban J connectivity index is 0.00000133. The third-order valence-electron chi connectivity index (χ3n) is 6.95. The Hall–Kier alpha value is -0.917. The summed E-state index contributed by atoms with van der Waals surface area (Å²) in [5, 5.41) is 0. The van der Waals surface area contributed by atoms with Gasteiger partial charge in [0, 0.05) is 0 Å². The predicted molar refractivity (Wildman–Crippen MR) is 151 cm³/mol. The summed E-state index contributed by atoms with van der Waals surface area (Å²) < 4.78 is 12.3. The van der Waals surface area contributed by atoms with Crippen molar-refractivity contribution in [2.75, 3.05) is 0 Å². The third kappa shape index (κ3) is 4.39. The average Bonchev–Trinajstić information content (AvgIpc) is 3.43. The zero-order chi connectivity index (χ0) is 22.8. The maximum Gasteiger partial charge on any atom is -1.00 e. The van der Waals surface area contributed by atoms with E-state index in [0.29, 0.717) is 11.8 Å². The van der Waals surface area contributed by atoms with Gasteiger partial charge in [0.05, 0.1) is 0 Å². The van der Waals surface area contributed by atoms with Gasteiger partial charge in [-0.2, -0.15) is 0 Å². The van der Waals surface area contributed by atoms with E-state index in [1.54, 1.807) is 6.56 Å². The molecule has 176 valence electrons. The van der Waals surface area contributed by atoms with Crippen LogP contribution in [0.3, 0.4) is 0 Å². The minimum Gasteiger partial charge on any atom is -1.00 e. The molecule has 0 aromatic heterocycles. The van der Waals surface area contributed by atoms with Crippen molar-refractivity contribution in [3.05, 3.63) is 132 Å². The zero-order valence-electron chi connectivity index (χ0n) is 18.8. The van der Waals surface area contributed by atoms with E-state index in [-0.39, 0.29) is 24.8 Å². The molecule has 2 heterocycles. The Labute approximate surface area is 262 Å². The van der Waals surface area contributed by atoms with Crippen LogP contribution in [-0.4, -0.2) is 0 Å². The number of hydrogen-bond acceptors (Lipinski definition) is 1. The van der Waals surface area contributed by atoms with Crippen molar-refractivity contribution in [2.45, 2.75) is 11.8 Å². The largest absolute Gasteiger partial charge is 1.00 e.